The molecule has 0 aromatic carbocycles. The van der Waals surface area contributed by atoms with Gasteiger partial charge in [0, 0.05) is 44.5 Å². The van der Waals surface area contributed by atoms with E-state index < -0.39 is 0 Å². The Morgan fingerprint density at radius 3 is 2.75 bits per heavy atom. The Bertz CT molecular complexity index is 518. The van der Waals surface area contributed by atoms with Crippen LogP contribution in [0.4, 0.5) is 5.82 Å². The van der Waals surface area contributed by atoms with Gasteiger partial charge in [0.15, 0.2) is 5.82 Å². The molecule has 0 spiro atoms. The number of hydrogen-bond donors (Lipinski definition) is 1. The second-order valence-corrected chi connectivity index (χ2v) is 5.35. The summed E-state index contributed by atoms with van der Waals surface area (Å²) in [6.07, 6.45) is 5.87. The van der Waals surface area contributed by atoms with Gasteiger partial charge in [-0.1, -0.05) is 0 Å². The standard InChI is InChI=1S/C14H22N4O2/c1-11(2)18-10-7-16-13(14(18)20)15-6-5-12(19)17-8-3-4-9-17/h7,10-11H,3-6,8-9H2,1-2H3,(H,15,16). The van der Waals surface area contributed by atoms with Crippen LogP contribution >= 0.6 is 0 Å². The molecule has 0 saturated carbocycles. The minimum absolute atomic E-state index is 0.0947. The molecule has 1 aromatic rings. The number of carbonyl (C=O) groups is 1. The van der Waals surface area contributed by atoms with Gasteiger partial charge in [0.2, 0.25) is 5.91 Å². The smallest absolute Gasteiger partial charge is 0.293 e. The van der Waals surface area contributed by atoms with Crippen LogP contribution < -0.4 is 10.9 Å². The molecule has 1 fully saturated rings. The summed E-state index contributed by atoms with van der Waals surface area (Å²) in [6, 6.07) is 0.0947. The molecule has 2 heterocycles. The Kier molecular flexibility index (Phi) is 4.76. The van der Waals surface area contributed by atoms with Gasteiger partial charge in [-0.05, 0) is 26.7 Å². The molecule has 110 valence electrons. The summed E-state index contributed by atoms with van der Waals surface area (Å²) < 4.78 is 1.62. The average Bonchev–Trinajstić information content (AvgIpc) is 2.94. The van der Waals surface area contributed by atoms with Crippen LogP contribution in [0.3, 0.4) is 0 Å². The molecule has 0 radical (unpaired) electrons. The van der Waals surface area contributed by atoms with E-state index in [-0.39, 0.29) is 17.5 Å². The van der Waals surface area contributed by atoms with E-state index in [0.717, 1.165) is 25.9 Å². The maximum atomic E-state index is 12.1. The van der Waals surface area contributed by atoms with Crippen molar-refractivity contribution < 1.29 is 4.79 Å². The number of hydrogen-bond acceptors (Lipinski definition) is 4. The fourth-order valence-corrected chi connectivity index (χ4v) is 2.37. The summed E-state index contributed by atoms with van der Waals surface area (Å²) in [4.78, 5) is 29.9. The maximum Gasteiger partial charge on any atom is 0.293 e. The molecule has 6 nitrogen and oxygen atoms in total. The number of likely N-dealkylation sites (tertiary alicyclic amines) is 1. The largest absolute Gasteiger partial charge is 0.365 e. The van der Waals surface area contributed by atoms with Gasteiger partial charge in [-0.15, -0.1) is 0 Å². The Labute approximate surface area is 118 Å². The molecule has 2 rings (SSSR count). The van der Waals surface area contributed by atoms with Gasteiger partial charge in [0.25, 0.3) is 5.56 Å². The van der Waals surface area contributed by atoms with E-state index in [1.165, 1.54) is 0 Å². The molecule has 1 aliphatic heterocycles. The summed E-state index contributed by atoms with van der Waals surface area (Å²) in [6.45, 7) is 6.06. The number of carbonyl (C=O) groups excluding carboxylic acids is 1. The SMILES string of the molecule is CC(C)n1ccnc(NCCC(=O)N2CCCC2)c1=O. The number of aromatic nitrogens is 2. The first-order valence-corrected chi connectivity index (χ1v) is 7.18. The van der Waals surface area contributed by atoms with Crippen LogP contribution in [0.15, 0.2) is 17.2 Å². The number of anilines is 1. The molecule has 0 atom stereocenters. The van der Waals surface area contributed by atoms with Crippen molar-refractivity contribution in [1.82, 2.24) is 14.5 Å². The number of nitrogens with one attached hydrogen (secondary N) is 1. The first-order chi connectivity index (χ1) is 9.59. The lowest BCUT2D eigenvalue weighted by Crippen LogP contribution is -2.30. The van der Waals surface area contributed by atoms with Crippen LogP contribution in [0.25, 0.3) is 0 Å². The molecule has 1 N–H and O–H groups in total. The fourth-order valence-electron chi connectivity index (χ4n) is 2.37. The molecule has 1 aromatic heterocycles. The molecule has 0 aliphatic carbocycles. The average molecular weight is 278 g/mol. The quantitative estimate of drug-likeness (QED) is 0.880. The Hall–Kier alpha value is -1.85. The molecule has 1 saturated heterocycles. The lowest BCUT2D eigenvalue weighted by atomic mass is 10.3. The summed E-state index contributed by atoms with van der Waals surface area (Å²) >= 11 is 0. The van der Waals surface area contributed by atoms with E-state index in [9.17, 15) is 9.59 Å². The highest BCUT2D eigenvalue weighted by Crippen LogP contribution is 2.09. The van der Waals surface area contributed by atoms with Gasteiger partial charge >= 0.3 is 0 Å². The lowest BCUT2D eigenvalue weighted by Gasteiger charge is -2.15. The molecule has 6 heteroatoms. The van der Waals surface area contributed by atoms with Gasteiger partial charge in [0.1, 0.15) is 0 Å². The van der Waals surface area contributed by atoms with Crippen molar-refractivity contribution in [2.45, 2.75) is 39.2 Å². The topological polar surface area (TPSA) is 67.2 Å². The number of rotatable bonds is 5. The van der Waals surface area contributed by atoms with E-state index in [1.54, 1.807) is 17.0 Å². The first kappa shape index (κ1) is 14.6. The Balaban J connectivity index is 1.89. The lowest BCUT2D eigenvalue weighted by molar-refractivity contribution is -0.129. The van der Waals surface area contributed by atoms with Crippen molar-refractivity contribution >= 4 is 11.7 Å². The zero-order valence-corrected chi connectivity index (χ0v) is 12.1. The van der Waals surface area contributed by atoms with Crippen molar-refractivity contribution in [2.24, 2.45) is 0 Å². The number of nitrogens with zero attached hydrogens (tertiary/aromatic N) is 3. The van der Waals surface area contributed by atoms with Gasteiger partial charge in [0.05, 0.1) is 0 Å². The molecule has 1 amide bonds. The molecule has 0 unspecified atom stereocenters. The minimum atomic E-state index is -0.142. The zero-order valence-electron chi connectivity index (χ0n) is 12.1. The normalized spacial score (nSPS) is 14.8. The maximum absolute atomic E-state index is 12.1. The van der Waals surface area contributed by atoms with Crippen LogP contribution in [0, 0.1) is 0 Å². The van der Waals surface area contributed by atoms with Crippen LogP contribution in [-0.4, -0.2) is 40.0 Å². The molecule has 20 heavy (non-hydrogen) atoms. The van der Waals surface area contributed by atoms with E-state index >= 15 is 0 Å². The fraction of sp³-hybridized carbons (Fsp3) is 0.643. The highest BCUT2D eigenvalue weighted by molar-refractivity contribution is 5.76. The Morgan fingerprint density at radius 2 is 2.10 bits per heavy atom. The summed E-state index contributed by atoms with van der Waals surface area (Å²) in [5.74, 6) is 0.463. The first-order valence-electron chi connectivity index (χ1n) is 7.18. The molecule has 0 bridgehead atoms. The zero-order chi connectivity index (χ0) is 14.5. The van der Waals surface area contributed by atoms with Crippen LogP contribution in [0.1, 0.15) is 39.2 Å². The predicted octanol–water partition coefficient (Wildman–Crippen LogP) is 1.25. The van der Waals surface area contributed by atoms with Crippen LogP contribution in [-0.2, 0) is 4.79 Å². The van der Waals surface area contributed by atoms with Crippen molar-refractivity contribution in [2.75, 3.05) is 25.0 Å². The molecular weight excluding hydrogens is 256 g/mol. The van der Waals surface area contributed by atoms with Crippen LogP contribution in [0.5, 0.6) is 0 Å². The number of amides is 1. The van der Waals surface area contributed by atoms with Gasteiger partial charge < -0.3 is 14.8 Å². The third kappa shape index (κ3) is 3.37. The third-order valence-electron chi connectivity index (χ3n) is 3.51. The monoisotopic (exact) mass is 278 g/mol. The van der Waals surface area contributed by atoms with Gasteiger partial charge in [-0.25, -0.2) is 4.98 Å². The molecule has 1 aliphatic rings. The highest BCUT2D eigenvalue weighted by Gasteiger charge is 2.17. The molecular formula is C14H22N4O2. The minimum Gasteiger partial charge on any atom is -0.365 e. The predicted molar refractivity (Wildman–Crippen MR) is 77.8 cm³/mol. The second kappa shape index (κ2) is 6.54. The summed E-state index contributed by atoms with van der Waals surface area (Å²) in [5, 5.41) is 2.97. The summed E-state index contributed by atoms with van der Waals surface area (Å²) in [7, 11) is 0. The van der Waals surface area contributed by atoms with Crippen molar-refractivity contribution in [1.29, 1.82) is 0 Å². The van der Waals surface area contributed by atoms with Crippen LogP contribution in [0.2, 0.25) is 0 Å². The van der Waals surface area contributed by atoms with Gasteiger partial charge in [-0.2, -0.15) is 0 Å². The van der Waals surface area contributed by atoms with E-state index in [4.69, 9.17) is 0 Å². The highest BCUT2D eigenvalue weighted by atomic mass is 16.2. The van der Waals surface area contributed by atoms with E-state index in [2.05, 4.69) is 10.3 Å². The second-order valence-electron chi connectivity index (χ2n) is 5.35. The van der Waals surface area contributed by atoms with Gasteiger partial charge in [-0.3, -0.25) is 9.59 Å². The Morgan fingerprint density at radius 1 is 1.40 bits per heavy atom. The third-order valence-corrected chi connectivity index (χ3v) is 3.51. The van der Waals surface area contributed by atoms with Crippen molar-refractivity contribution in [3.8, 4) is 0 Å². The van der Waals surface area contributed by atoms with E-state index in [1.807, 2.05) is 18.7 Å². The van der Waals surface area contributed by atoms with Crippen molar-refractivity contribution in [3.63, 3.8) is 0 Å². The van der Waals surface area contributed by atoms with E-state index in [0.29, 0.717) is 18.8 Å². The summed E-state index contributed by atoms with van der Waals surface area (Å²) in [5.41, 5.74) is -0.142. The van der Waals surface area contributed by atoms with Crippen molar-refractivity contribution in [3.05, 3.63) is 22.7 Å².